The molecule has 2 aromatic heterocycles. The molecule has 1 aromatic carbocycles. The highest BCUT2D eigenvalue weighted by Crippen LogP contribution is 2.28. The normalized spacial score (nSPS) is 11.4. The Kier molecular flexibility index (Phi) is 6.21. The fourth-order valence-corrected chi connectivity index (χ4v) is 4.30. The first kappa shape index (κ1) is 20.2. The van der Waals surface area contributed by atoms with Gasteiger partial charge in [-0.25, -0.2) is 13.2 Å². The number of sulfone groups is 1. The topological polar surface area (TPSA) is 142 Å². The van der Waals surface area contributed by atoms with E-state index in [-0.39, 0.29) is 11.5 Å². The van der Waals surface area contributed by atoms with E-state index < -0.39 is 15.9 Å². The summed E-state index contributed by atoms with van der Waals surface area (Å²) < 4.78 is 30.0. The fraction of sp³-hybridized carbons (Fsp3) is 0.286. The van der Waals surface area contributed by atoms with Crippen LogP contribution in [0.5, 0.6) is 0 Å². The van der Waals surface area contributed by atoms with Gasteiger partial charge in [0.15, 0.2) is 20.0 Å². The Labute approximate surface area is 168 Å². The molecule has 0 saturated heterocycles. The summed E-state index contributed by atoms with van der Waals surface area (Å²) in [4.78, 5) is 11.6. The third-order valence-corrected chi connectivity index (χ3v) is 6.36. The van der Waals surface area contributed by atoms with Crippen LogP contribution in [-0.2, 0) is 20.3 Å². The quantitative estimate of drug-likeness (QED) is 0.426. The summed E-state index contributed by atoms with van der Waals surface area (Å²) in [7, 11) is -3.27. The Morgan fingerprint density at radius 1 is 1.25 bits per heavy atom. The van der Waals surface area contributed by atoms with Gasteiger partial charge in [0.25, 0.3) is 0 Å². The zero-order valence-corrected chi connectivity index (χ0v) is 17.2. The van der Waals surface area contributed by atoms with E-state index in [1.54, 1.807) is 19.1 Å². The van der Waals surface area contributed by atoms with Crippen molar-refractivity contribution in [3.8, 4) is 5.69 Å². The second-order valence-corrected chi connectivity index (χ2v) is 9.50. The van der Waals surface area contributed by atoms with Crippen molar-refractivity contribution in [2.75, 3.05) is 18.2 Å². The monoisotopic (exact) mass is 441 g/mol. The van der Waals surface area contributed by atoms with Gasteiger partial charge in [0.1, 0.15) is 0 Å². The van der Waals surface area contributed by atoms with Gasteiger partial charge in [-0.2, -0.15) is 4.68 Å². The number of hydrogen-bond donors (Lipinski definition) is 1. The van der Waals surface area contributed by atoms with Gasteiger partial charge < -0.3 is 4.74 Å². The lowest BCUT2D eigenvalue weighted by Gasteiger charge is -2.04. The molecular formula is C14H15N7O4S3. The average molecular weight is 442 g/mol. The fourth-order valence-electron chi connectivity index (χ4n) is 2.03. The lowest BCUT2D eigenvalue weighted by molar-refractivity contribution is 0.168. The number of hydrogen-bond acceptors (Lipinski definition) is 11. The van der Waals surface area contributed by atoms with Crippen LogP contribution >= 0.6 is 23.1 Å². The second kappa shape index (κ2) is 8.62. The van der Waals surface area contributed by atoms with Crippen molar-refractivity contribution in [1.29, 1.82) is 0 Å². The van der Waals surface area contributed by atoms with Crippen molar-refractivity contribution in [3.05, 3.63) is 30.1 Å². The summed E-state index contributed by atoms with van der Waals surface area (Å²) >= 11 is 2.55. The van der Waals surface area contributed by atoms with Gasteiger partial charge in [-0.1, -0.05) is 23.1 Å². The van der Waals surface area contributed by atoms with Crippen molar-refractivity contribution < 1.29 is 17.9 Å². The van der Waals surface area contributed by atoms with Crippen LogP contribution in [0.3, 0.4) is 0 Å². The van der Waals surface area contributed by atoms with Gasteiger partial charge in [-0.15, -0.1) is 15.3 Å². The van der Waals surface area contributed by atoms with E-state index in [4.69, 9.17) is 4.74 Å². The minimum atomic E-state index is -3.27. The van der Waals surface area contributed by atoms with Gasteiger partial charge >= 0.3 is 6.09 Å². The molecule has 0 fully saturated rings. The molecule has 14 heteroatoms. The summed E-state index contributed by atoms with van der Waals surface area (Å²) in [6, 6.07) is 6.27. The van der Waals surface area contributed by atoms with E-state index in [1.165, 1.54) is 39.9 Å². The number of carbonyl (C=O) groups is 1. The molecule has 0 atom stereocenters. The Hall–Kier alpha value is -2.58. The molecule has 0 saturated carbocycles. The van der Waals surface area contributed by atoms with Gasteiger partial charge in [0, 0.05) is 6.26 Å². The molecule has 2 heterocycles. The Morgan fingerprint density at radius 3 is 2.68 bits per heavy atom. The first-order valence-electron chi connectivity index (χ1n) is 7.84. The van der Waals surface area contributed by atoms with Crippen LogP contribution in [0.25, 0.3) is 5.69 Å². The van der Waals surface area contributed by atoms with E-state index in [9.17, 15) is 13.2 Å². The first-order chi connectivity index (χ1) is 13.4. The van der Waals surface area contributed by atoms with Crippen molar-refractivity contribution >= 4 is 44.2 Å². The van der Waals surface area contributed by atoms with Crippen LogP contribution in [0.15, 0.2) is 33.5 Å². The van der Waals surface area contributed by atoms with E-state index in [0.717, 1.165) is 6.26 Å². The molecule has 0 bridgehead atoms. The van der Waals surface area contributed by atoms with Crippen LogP contribution < -0.4 is 5.32 Å². The molecule has 0 radical (unpaired) electrons. The van der Waals surface area contributed by atoms with Gasteiger partial charge in [0.05, 0.1) is 22.9 Å². The number of ether oxygens (including phenoxy) is 1. The molecular weight excluding hydrogens is 426 g/mol. The summed E-state index contributed by atoms with van der Waals surface area (Å²) in [5.74, 6) is 0.946. The molecule has 0 aliphatic heterocycles. The molecule has 148 valence electrons. The molecule has 3 aromatic rings. The largest absolute Gasteiger partial charge is 0.450 e. The number of aromatic nitrogens is 6. The van der Waals surface area contributed by atoms with Crippen molar-refractivity contribution in [2.45, 2.75) is 21.9 Å². The Bertz CT molecular complexity index is 1060. The maximum absolute atomic E-state index is 11.6. The van der Waals surface area contributed by atoms with Gasteiger partial charge in [-0.3, -0.25) is 5.32 Å². The number of rotatable bonds is 7. The molecule has 28 heavy (non-hydrogen) atoms. The molecule has 0 aliphatic carbocycles. The number of nitrogens with one attached hydrogen (secondary N) is 1. The zero-order chi connectivity index (χ0) is 20.1. The second-order valence-electron chi connectivity index (χ2n) is 5.28. The highest BCUT2D eigenvalue weighted by molar-refractivity contribution is 8.00. The van der Waals surface area contributed by atoms with Crippen LogP contribution in [0.1, 0.15) is 12.7 Å². The summed E-state index contributed by atoms with van der Waals surface area (Å²) in [5, 5.41) is 22.3. The highest BCUT2D eigenvalue weighted by Gasteiger charge is 2.14. The molecule has 0 aliphatic rings. The Balaban J connectivity index is 1.67. The number of carbonyl (C=O) groups excluding carboxylic acids is 1. The standard InChI is InChI=1S/C14H15N7O4S3/c1-3-25-13(22)15-12-17-18-14(27-12)26-8-11-16-19-20-21(11)9-4-6-10(7-5-9)28(2,23)24/h4-7H,3,8H2,1-2H3,(H,15,17,22). The van der Waals surface area contributed by atoms with E-state index in [1.807, 2.05) is 0 Å². The minimum absolute atomic E-state index is 0.218. The maximum Gasteiger partial charge on any atom is 0.413 e. The number of tetrazole rings is 1. The van der Waals surface area contributed by atoms with Crippen molar-refractivity contribution in [3.63, 3.8) is 0 Å². The molecule has 0 spiro atoms. The molecule has 1 N–H and O–H groups in total. The number of benzene rings is 1. The van der Waals surface area contributed by atoms with Crippen molar-refractivity contribution in [1.82, 2.24) is 30.4 Å². The van der Waals surface area contributed by atoms with Gasteiger partial charge in [0.2, 0.25) is 5.13 Å². The van der Waals surface area contributed by atoms with E-state index in [0.29, 0.717) is 26.7 Å². The zero-order valence-electron chi connectivity index (χ0n) is 14.8. The van der Waals surface area contributed by atoms with Gasteiger partial charge in [-0.05, 0) is 41.6 Å². The maximum atomic E-state index is 11.6. The third-order valence-electron chi connectivity index (χ3n) is 3.26. The third kappa shape index (κ3) is 5.02. The van der Waals surface area contributed by atoms with Crippen LogP contribution in [-0.4, -0.2) is 57.8 Å². The number of amides is 1. The lowest BCUT2D eigenvalue weighted by atomic mass is 10.3. The molecule has 3 rings (SSSR count). The SMILES string of the molecule is CCOC(=O)Nc1nnc(SCc2nnnn2-c2ccc(S(C)(=O)=O)cc2)s1. The number of nitrogens with zero attached hydrogens (tertiary/aromatic N) is 6. The molecule has 11 nitrogen and oxygen atoms in total. The van der Waals surface area contributed by atoms with E-state index >= 15 is 0 Å². The Morgan fingerprint density at radius 2 is 2.00 bits per heavy atom. The first-order valence-corrected chi connectivity index (χ1v) is 11.5. The predicted molar refractivity (Wildman–Crippen MR) is 102 cm³/mol. The molecule has 0 unspecified atom stereocenters. The average Bonchev–Trinajstić information content (AvgIpc) is 3.28. The predicted octanol–water partition coefficient (Wildman–Crippen LogP) is 1.78. The smallest absolute Gasteiger partial charge is 0.413 e. The van der Waals surface area contributed by atoms with E-state index in [2.05, 4.69) is 31.0 Å². The summed E-state index contributed by atoms with van der Waals surface area (Å²) in [6.45, 7) is 1.97. The van der Waals surface area contributed by atoms with Crippen LogP contribution in [0.2, 0.25) is 0 Å². The highest BCUT2D eigenvalue weighted by atomic mass is 32.2. The van der Waals surface area contributed by atoms with Crippen LogP contribution in [0.4, 0.5) is 9.93 Å². The number of thioether (sulfide) groups is 1. The van der Waals surface area contributed by atoms with Crippen LogP contribution in [0, 0.1) is 0 Å². The molecule has 1 amide bonds. The minimum Gasteiger partial charge on any atom is -0.450 e. The summed E-state index contributed by atoms with van der Waals surface area (Å²) in [5.41, 5.74) is 0.634. The lowest BCUT2D eigenvalue weighted by Crippen LogP contribution is -2.12. The van der Waals surface area contributed by atoms with Crippen molar-refractivity contribution in [2.24, 2.45) is 0 Å². The summed E-state index contributed by atoms with van der Waals surface area (Å²) in [6.07, 6.45) is 0.561. The number of anilines is 1.